The monoisotopic (exact) mass is 537 g/mol. The fraction of sp³-hybridized carbons (Fsp3) is 0.355. The van der Waals surface area contributed by atoms with Crippen LogP contribution in [0.5, 0.6) is 0 Å². The quantitative estimate of drug-likeness (QED) is 0.254. The van der Waals surface area contributed by atoms with Crippen molar-refractivity contribution < 1.29 is 31.9 Å². The van der Waals surface area contributed by atoms with E-state index in [1.807, 2.05) is 24.3 Å². The number of halogens is 4. The Morgan fingerprint density at radius 3 is 2.05 bits per heavy atom. The van der Waals surface area contributed by atoms with Gasteiger partial charge >= 0.3 is 12.3 Å². The summed E-state index contributed by atoms with van der Waals surface area (Å²) in [5.74, 6) is -2.45. The van der Waals surface area contributed by atoms with Crippen LogP contribution in [-0.2, 0) is 10.9 Å². The summed E-state index contributed by atoms with van der Waals surface area (Å²) >= 11 is 0. The molecule has 2 aliphatic heterocycles. The molecular weight excluding hydrogens is 510 g/mol. The molecule has 0 saturated carbocycles. The minimum atomic E-state index is -4.88. The average molecular weight is 538 g/mol. The second-order valence-corrected chi connectivity index (χ2v) is 10.7. The van der Waals surface area contributed by atoms with Crippen molar-refractivity contribution in [3.05, 3.63) is 94.8 Å². The molecule has 0 aromatic heterocycles. The Morgan fingerprint density at radius 1 is 0.872 bits per heavy atom. The molecule has 2 heterocycles. The van der Waals surface area contributed by atoms with Gasteiger partial charge in [0.1, 0.15) is 12.4 Å². The fourth-order valence-corrected chi connectivity index (χ4v) is 6.69. The number of hydrogen-bond donors (Lipinski definition) is 0. The van der Waals surface area contributed by atoms with E-state index >= 15 is 0 Å². The number of hydrogen-bond acceptors (Lipinski definition) is 3. The first kappa shape index (κ1) is 25.6. The van der Waals surface area contributed by atoms with Gasteiger partial charge in [0.15, 0.2) is 5.78 Å². The first-order chi connectivity index (χ1) is 18.7. The number of carbonyl (C=O) groups is 2. The van der Waals surface area contributed by atoms with Crippen LogP contribution in [-0.4, -0.2) is 35.5 Å². The van der Waals surface area contributed by atoms with Crippen molar-refractivity contribution in [2.24, 2.45) is 5.92 Å². The van der Waals surface area contributed by atoms with Crippen LogP contribution in [0.25, 0.3) is 11.1 Å². The molecule has 0 radical (unpaired) electrons. The molecule has 0 spiro atoms. The summed E-state index contributed by atoms with van der Waals surface area (Å²) in [6, 6.07) is 18.1. The van der Waals surface area contributed by atoms with E-state index in [4.69, 9.17) is 4.74 Å². The third-order valence-corrected chi connectivity index (χ3v) is 8.45. The summed E-state index contributed by atoms with van der Waals surface area (Å²) in [6.45, 7) is 0.195. The second-order valence-electron chi connectivity index (χ2n) is 10.7. The maximum atomic E-state index is 13.8. The van der Waals surface area contributed by atoms with Gasteiger partial charge in [-0.3, -0.25) is 4.79 Å². The third kappa shape index (κ3) is 4.60. The zero-order valence-electron chi connectivity index (χ0n) is 21.1. The summed E-state index contributed by atoms with van der Waals surface area (Å²) in [6.07, 6.45) is -2.32. The molecule has 0 N–H and O–H groups in total. The van der Waals surface area contributed by atoms with Crippen LogP contribution in [0, 0.1) is 11.7 Å². The van der Waals surface area contributed by atoms with Gasteiger partial charge in [0, 0.05) is 29.5 Å². The highest BCUT2D eigenvalue weighted by Crippen LogP contribution is 2.45. The topological polar surface area (TPSA) is 46.6 Å². The molecule has 6 rings (SSSR count). The highest BCUT2D eigenvalue weighted by atomic mass is 19.4. The SMILES string of the molecule is O=C(c1ccc(F)c(C(F)(F)F)c1)C1CC2CCCC(C1)N2C(=O)OCC1c2ccccc2-c2ccccc21. The lowest BCUT2D eigenvalue weighted by molar-refractivity contribution is -0.140. The highest BCUT2D eigenvalue weighted by molar-refractivity contribution is 5.98. The van der Waals surface area contributed by atoms with Crippen molar-refractivity contribution in [2.45, 2.75) is 56.3 Å². The minimum absolute atomic E-state index is 0.0680. The Hall–Kier alpha value is -3.68. The number of carbonyl (C=O) groups excluding carboxylic acids is 2. The third-order valence-electron chi connectivity index (χ3n) is 8.45. The second kappa shape index (κ2) is 9.81. The van der Waals surface area contributed by atoms with Crippen molar-refractivity contribution in [1.82, 2.24) is 4.90 Å². The summed E-state index contributed by atoms with van der Waals surface area (Å²) in [5, 5.41) is 0. The van der Waals surface area contributed by atoms with Crippen LogP contribution in [0.1, 0.15) is 65.1 Å². The van der Waals surface area contributed by atoms with E-state index in [1.165, 1.54) is 0 Å². The van der Waals surface area contributed by atoms with Crippen LogP contribution in [0.2, 0.25) is 0 Å². The van der Waals surface area contributed by atoms with Gasteiger partial charge < -0.3 is 9.64 Å². The van der Waals surface area contributed by atoms with E-state index in [1.54, 1.807) is 4.90 Å². The first-order valence-corrected chi connectivity index (χ1v) is 13.3. The summed E-state index contributed by atoms with van der Waals surface area (Å²) in [7, 11) is 0. The normalized spacial score (nSPS) is 22.3. The van der Waals surface area contributed by atoms with Crippen LogP contribution in [0.4, 0.5) is 22.4 Å². The molecule has 2 saturated heterocycles. The average Bonchev–Trinajstić information content (AvgIpc) is 3.24. The first-order valence-electron chi connectivity index (χ1n) is 13.3. The standard InChI is InChI=1S/C31H27F4NO3/c32-28-13-12-18(16-27(28)31(33,34)35)29(37)19-14-20-6-5-7-21(15-19)36(20)30(38)39-17-26-24-10-3-1-8-22(24)23-9-2-4-11-25(23)26/h1-4,8-13,16,19-21,26H,5-7,14-15,17H2. The predicted octanol–water partition coefficient (Wildman–Crippen LogP) is 7.61. The smallest absolute Gasteiger partial charge is 0.419 e. The number of piperidine rings is 2. The van der Waals surface area contributed by atoms with Crippen LogP contribution >= 0.6 is 0 Å². The Morgan fingerprint density at radius 2 is 1.46 bits per heavy atom. The zero-order valence-corrected chi connectivity index (χ0v) is 21.1. The molecule has 8 heteroatoms. The highest BCUT2D eigenvalue weighted by Gasteiger charge is 2.44. The van der Waals surface area contributed by atoms with Gasteiger partial charge in [-0.2, -0.15) is 13.2 Å². The molecule has 2 unspecified atom stereocenters. The Bertz CT molecular complexity index is 1380. The van der Waals surface area contributed by atoms with E-state index in [-0.39, 0.29) is 30.2 Å². The van der Waals surface area contributed by atoms with E-state index in [2.05, 4.69) is 24.3 Å². The van der Waals surface area contributed by atoms with Crippen molar-refractivity contribution in [1.29, 1.82) is 0 Å². The fourth-order valence-electron chi connectivity index (χ4n) is 6.69. The molecule has 202 valence electrons. The van der Waals surface area contributed by atoms with E-state index in [0.29, 0.717) is 37.8 Å². The number of Topliss-reactive ketones (excluding diaryl/α,β-unsaturated/α-hetero) is 1. The molecule has 4 nitrogen and oxygen atoms in total. The molecule has 3 aromatic carbocycles. The number of nitrogens with zero attached hydrogens (tertiary/aromatic N) is 1. The number of alkyl halides is 3. The Kier molecular flexibility index (Phi) is 6.44. The van der Waals surface area contributed by atoms with E-state index < -0.39 is 35.4 Å². The van der Waals surface area contributed by atoms with E-state index in [9.17, 15) is 27.2 Å². The van der Waals surface area contributed by atoms with Gasteiger partial charge in [0.2, 0.25) is 0 Å². The van der Waals surface area contributed by atoms with E-state index in [0.717, 1.165) is 34.7 Å². The molecule has 2 bridgehead atoms. The lowest BCUT2D eigenvalue weighted by Gasteiger charge is -2.47. The molecule has 1 amide bonds. The molecular formula is C31H27F4NO3. The molecule has 1 aliphatic carbocycles. The van der Waals surface area contributed by atoms with Crippen LogP contribution in [0.3, 0.4) is 0 Å². The molecule has 2 atom stereocenters. The van der Waals surface area contributed by atoms with Gasteiger partial charge in [-0.25, -0.2) is 9.18 Å². The largest absolute Gasteiger partial charge is 0.448 e. The van der Waals surface area contributed by atoms with Gasteiger partial charge in [-0.05, 0) is 72.6 Å². The lowest BCUT2D eigenvalue weighted by Crippen LogP contribution is -2.55. The summed E-state index contributed by atoms with van der Waals surface area (Å²) < 4.78 is 59.3. The van der Waals surface area contributed by atoms with Gasteiger partial charge in [-0.1, -0.05) is 48.5 Å². The minimum Gasteiger partial charge on any atom is -0.448 e. The number of fused-ring (bicyclic) bond motifs is 5. The van der Waals surface area contributed by atoms with Gasteiger partial charge in [0.05, 0.1) is 5.56 Å². The van der Waals surface area contributed by atoms with Crippen molar-refractivity contribution >= 4 is 11.9 Å². The van der Waals surface area contributed by atoms with Gasteiger partial charge in [0.25, 0.3) is 0 Å². The van der Waals surface area contributed by atoms with Gasteiger partial charge in [-0.15, -0.1) is 0 Å². The van der Waals surface area contributed by atoms with Crippen molar-refractivity contribution in [3.8, 4) is 11.1 Å². The predicted molar refractivity (Wildman–Crippen MR) is 137 cm³/mol. The Labute approximate surface area is 223 Å². The summed E-state index contributed by atoms with van der Waals surface area (Å²) in [5.41, 5.74) is 2.92. The van der Waals surface area contributed by atoms with Crippen LogP contribution in [0.15, 0.2) is 66.7 Å². The van der Waals surface area contributed by atoms with Crippen molar-refractivity contribution in [3.63, 3.8) is 0 Å². The number of rotatable bonds is 4. The number of amides is 1. The maximum absolute atomic E-state index is 13.8. The lowest BCUT2D eigenvalue weighted by atomic mass is 9.75. The molecule has 3 aliphatic rings. The van der Waals surface area contributed by atoms with Crippen molar-refractivity contribution in [2.75, 3.05) is 6.61 Å². The molecule has 3 aromatic rings. The number of benzene rings is 3. The molecule has 39 heavy (non-hydrogen) atoms. The molecule has 2 fully saturated rings. The van der Waals surface area contributed by atoms with Crippen LogP contribution < -0.4 is 0 Å². The maximum Gasteiger partial charge on any atom is 0.419 e. The number of ketones is 1. The number of ether oxygens (including phenoxy) is 1. The Balaban J connectivity index is 1.16. The zero-order chi connectivity index (χ0) is 27.3. The summed E-state index contributed by atoms with van der Waals surface area (Å²) in [4.78, 5) is 28.3.